The number of hydrogen-bond donors (Lipinski definition) is 1. The summed E-state index contributed by atoms with van der Waals surface area (Å²) in [5.74, 6) is 0.872. The molecule has 2 rings (SSSR count). The average Bonchev–Trinajstić information content (AvgIpc) is 3.28. The zero-order chi connectivity index (χ0) is 18.2. The van der Waals surface area contributed by atoms with Crippen molar-refractivity contribution >= 4 is 11.9 Å². The molecule has 2 aliphatic rings. The number of hydrogen-bond acceptors (Lipinski definition) is 4. The van der Waals surface area contributed by atoms with Crippen molar-refractivity contribution in [3.63, 3.8) is 0 Å². The second kappa shape index (κ2) is 9.97. The Morgan fingerprint density at radius 2 is 2.04 bits per heavy atom. The first-order chi connectivity index (χ1) is 12.0. The van der Waals surface area contributed by atoms with Crippen LogP contribution in [0.1, 0.15) is 33.1 Å². The Labute approximate surface area is 152 Å². The minimum absolute atomic E-state index is 0.0240. The number of carbonyl (C=O) groups is 1. The molecule has 2 aliphatic heterocycles. The Balaban J connectivity index is 1.97. The Morgan fingerprint density at radius 1 is 1.28 bits per heavy atom. The number of nitrogens with zero attached hydrogens (tertiary/aromatic N) is 4. The molecule has 0 radical (unpaired) electrons. The maximum Gasteiger partial charge on any atom is 0.243 e. The lowest BCUT2D eigenvalue weighted by atomic mass is 10.2. The van der Waals surface area contributed by atoms with Gasteiger partial charge in [0.1, 0.15) is 6.54 Å². The van der Waals surface area contributed by atoms with Gasteiger partial charge in [0.2, 0.25) is 5.91 Å². The second-order valence-corrected chi connectivity index (χ2v) is 7.05. The molecule has 1 N–H and O–H groups in total. The molecule has 144 valence electrons. The molecule has 2 unspecified atom stereocenters. The van der Waals surface area contributed by atoms with Gasteiger partial charge in [0.25, 0.3) is 0 Å². The fourth-order valence-corrected chi connectivity index (χ4v) is 3.53. The first kappa shape index (κ1) is 20.0. The number of ether oxygens (including phenoxy) is 1. The van der Waals surface area contributed by atoms with Crippen LogP contribution in [0, 0.1) is 0 Å². The predicted molar refractivity (Wildman–Crippen MR) is 101 cm³/mol. The quantitative estimate of drug-likeness (QED) is 0.537. The molecule has 0 aliphatic carbocycles. The van der Waals surface area contributed by atoms with Crippen LogP contribution in [-0.4, -0.2) is 98.7 Å². The summed E-state index contributed by atoms with van der Waals surface area (Å²) in [4.78, 5) is 22.9. The molecule has 1 amide bonds. The topological polar surface area (TPSA) is 60.4 Å². The number of nitrogens with one attached hydrogen (secondary N) is 1. The van der Waals surface area contributed by atoms with Crippen molar-refractivity contribution in [1.29, 1.82) is 0 Å². The lowest BCUT2D eigenvalue weighted by Gasteiger charge is -2.27. The van der Waals surface area contributed by atoms with Gasteiger partial charge in [0.05, 0.1) is 6.10 Å². The first-order valence-corrected chi connectivity index (χ1v) is 9.64. The highest BCUT2D eigenvalue weighted by molar-refractivity contribution is 5.85. The fraction of sp³-hybridized carbons (Fsp3) is 0.889. The van der Waals surface area contributed by atoms with Crippen LogP contribution in [0.25, 0.3) is 0 Å². The summed E-state index contributed by atoms with van der Waals surface area (Å²) in [6.45, 7) is 10.3. The molecule has 0 bridgehead atoms. The van der Waals surface area contributed by atoms with Crippen molar-refractivity contribution in [3.05, 3.63) is 0 Å². The van der Waals surface area contributed by atoms with Crippen molar-refractivity contribution in [3.8, 4) is 0 Å². The van der Waals surface area contributed by atoms with Gasteiger partial charge in [-0.05, 0) is 32.4 Å². The maximum absolute atomic E-state index is 11.9. The Hall–Kier alpha value is -1.34. The smallest absolute Gasteiger partial charge is 0.243 e. The predicted octanol–water partition coefficient (Wildman–Crippen LogP) is 0.615. The van der Waals surface area contributed by atoms with Gasteiger partial charge in [-0.1, -0.05) is 13.8 Å². The lowest BCUT2D eigenvalue weighted by molar-refractivity contribution is -0.127. The molecule has 7 heteroatoms. The number of likely N-dealkylation sites (N-methyl/N-ethyl adjacent to an activating group) is 2. The highest BCUT2D eigenvalue weighted by Gasteiger charge is 2.28. The molecule has 2 saturated heterocycles. The minimum atomic E-state index is 0.0240. The van der Waals surface area contributed by atoms with Gasteiger partial charge in [-0.3, -0.25) is 9.69 Å². The molecule has 25 heavy (non-hydrogen) atoms. The van der Waals surface area contributed by atoms with Gasteiger partial charge < -0.3 is 19.9 Å². The van der Waals surface area contributed by atoms with Crippen LogP contribution < -0.4 is 5.32 Å². The molecule has 0 spiro atoms. The monoisotopic (exact) mass is 353 g/mol. The Morgan fingerprint density at radius 3 is 2.64 bits per heavy atom. The molecular weight excluding hydrogens is 318 g/mol. The van der Waals surface area contributed by atoms with Gasteiger partial charge in [0.15, 0.2) is 5.96 Å². The molecule has 2 heterocycles. The van der Waals surface area contributed by atoms with Gasteiger partial charge in [-0.15, -0.1) is 0 Å². The normalized spacial score (nSPS) is 24.2. The first-order valence-electron chi connectivity index (χ1n) is 9.64. The Kier molecular flexibility index (Phi) is 7.96. The zero-order valence-electron chi connectivity index (χ0n) is 16.3. The summed E-state index contributed by atoms with van der Waals surface area (Å²) in [7, 11) is 3.53. The third-order valence-corrected chi connectivity index (χ3v) is 5.17. The van der Waals surface area contributed by atoms with E-state index in [9.17, 15) is 4.79 Å². The number of carbonyl (C=O) groups excluding carboxylic acids is 1. The van der Waals surface area contributed by atoms with Crippen molar-refractivity contribution in [2.45, 2.75) is 45.3 Å². The highest BCUT2D eigenvalue weighted by atomic mass is 16.5. The third kappa shape index (κ3) is 5.85. The summed E-state index contributed by atoms with van der Waals surface area (Å²) >= 11 is 0. The summed E-state index contributed by atoms with van der Waals surface area (Å²) in [6, 6.07) is 0.564. The van der Waals surface area contributed by atoms with Crippen LogP contribution in [0.2, 0.25) is 0 Å². The number of rotatable bonds is 7. The SMILES string of the molecule is CCN(CC)C1CCN(C(=NCC(=O)N(C)C)NCC2CCCO2)C1. The molecule has 0 aromatic carbocycles. The van der Waals surface area contributed by atoms with Crippen molar-refractivity contribution in [2.75, 3.05) is 60.0 Å². The number of aliphatic imine (C=N–C) groups is 1. The Bertz CT molecular complexity index is 445. The van der Waals surface area contributed by atoms with E-state index in [0.717, 1.165) is 64.6 Å². The maximum atomic E-state index is 11.9. The van der Waals surface area contributed by atoms with E-state index in [4.69, 9.17) is 4.74 Å². The molecular formula is C18H35N5O2. The van der Waals surface area contributed by atoms with E-state index in [2.05, 4.69) is 34.0 Å². The molecule has 2 fully saturated rings. The van der Waals surface area contributed by atoms with Gasteiger partial charge in [0, 0.05) is 46.4 Å². The van der Waals surface area contributed by atoms with Crippen molar-refractivity contribution < 1.29 is 9.53 Å². The van der Waals surface area contributed by atoms with Crippen LogP contribution in [0.15, 0.2) is 4.99 Å². The zero-order valence-corrected chi connectivity index (χ0v) is 16.3. The molecule has 7 nitrogen and oxygen atoms in total. The van der Waals surface area contributed by atoms with Gasteiger partial charge in [-0.25, -0.2) is 4.99 Å². The van der Waals surface area contributed by atoms with E-state index < -0.39 is 0 Å². The highest BCUT2D eigenvalue weighted by Crippen LogP contribution is 2.16. The van der Waals surface area contributed by atoms with Crippen LogP contribution in [0.4, 0.5) is 0 Å². The van der Waals surface area contributed by atoms with E-state index in [1.54, 1.807) is 19.0 Å². The molecule has 0 aromatic heterocycles. The summed E-state index contributed by atoms with van der Waals surface area (Å²) in [5, 5.41) is 3.46. The van der Waals surface area contributed by atoms with Crippen LogP contribution >= 0.6 is 0 Å². The van der Waals surface area contributed by atoms with E-state index in [-0.39, 0.29) is 18.6 Å². The summed E-state index contributed by atoms with van der Waals surface area (Å²) in [6.07, 6.45) is 3.63. The lowest BCUT2D eigenvalue weighted by Crippen LogP contribution is -2.45. The molecule has 0 aromatic rings. The van der Waals surface area contributed by atoms with Gasteiger partial charge in [-0.2, -0.15) is 0 Å². The van der Waals surface area contributed by atoms with E-state index in [1.165, 1.54) is 0 Å². The molecule has 2 atom stereocenters. The van der Waals surface area contributed by atoms with Crippen LogP contribution in [0.3, 0.4) is 0 Å². The summed E-state index contributed by atoms with van der Waals surface area (Å²) < 4.78 is 5.70. The van der Waals surface area contributed by atoms with E-state index >= 15 is 0 Å². The van der Waals surface area contributed by atoms with Crippen LogP contribution in [0.5, 0.6) is 0 Å². The van der Waals surface area contributed by atoms with Crippen molar-refractivity contribution in [1.82, 2.24) is 20.0 Å². The number of guanidine groups is 1. The van der Waals surface area contributed by atoms with E-state index in [1.807, 2.05) is 0 Å². The minimum Gasteiger partial charge on any atom is -0.376 e. The van der Waals surface area contributed by atoms with Gasteiger partial charge >= 0.3 is 0 Å². The van der Waals surface area contributed by atoms with E-state index in [0.29, 0.717) is 6.04 Å². The van der Waals surface area contributed by atoms with Crippen LogP contribution in [-0.2, 0) is 9.53 Å². The number of likely N-dealkylation sites (tertiary alicyclic amines) is 1. The average molecular weight is 354 g/mol. The number of amides is 1. The summed E-state index contributed by atoms with van der Waals surface area (Å²) in [5.41, 5.74) is 0. The third-order valence-electron chi connectivity index (χ3n) is 5.17. The fourth-order valence-electron chi connectivity index (χ4n) is 3.53. The second-order valence-electron chi connectivity index (χ2n) is 7.05. The largest absolute Gasteiger partial charge is 0.376 e. The van der Waals surface area contributed by atoms with Crippen molar-refractivity contribution in [2.24, 2.45) is 4.99 Å². The standard InChI is InChI=1S/C18H35N5O2/c1-5-22(6-2)15-9-10-23(14-15)18(20-13-17(24)21(3)4)19-12-16-8-7-11-25-16/h15-16H,5-14H2,1-4H3,(H,19,20). The molecule has 0 saturated carbocycles.